The van der Waals surface area contributed by atoms with E-state index in [0.29, 0.717) is 12.1 Å². The molecule has 6 nitrogen and oxygen atoms in total. The molecule has 0 saturated carbocycles. The molecule has 1 atom stereocenters. The van der Waals surface area contributed by atoms with Crippen molar-refractivity contribution in [2.24, 2.45) is 0 Å². The van der Waals surface area contributed by atoms with Gasteiger partial charge in [0.15, 0.2) is 6.10 Å². The average Bonchev–Trinajstić information content (AvgIpc) is 2.77. The highest BCUT2D eigenvalue weighted by molar-refractivity contribution is 5.99. The van der Waals surface area contributed by atoms with E-state index in [1.54, 1.807) is 19.2 Å². The van der Waals surface area contributed by atoms with Crippen LogP contribution in [-0.4, -0.2) is 42.4 Å². The van der Waals surface area contributed by atoms with Gasteiger partial charge in [-0.1, -0.05) is 60.7 Å². The number of fused-ring (bicyclic) bond motifs is 1. The van der Waals surface area contributed by atoms with E-state index in [0.717, 1.165) is 16.3 Å². The fourth-order valence-electron chi connectivity index (χ4n) is 3.12. The molecule has 0 unspecified atom stereocenters. The topological polar surface area (TPSA) is 75.7 Å². The van der Waals surface area contributed by atoms with Crippen LogP contribution in [0.25, 0.3) is 10.8 Å². The highest BCUT2D eigenvalue weighted by atomic mass is 16.5. The summed E-state index contributed by atoms with van der Waals surface area (Å²) in [7, 11) is 1.65. The quantitative estimate of drug-likeness (QED) is 0.614. The van der Waals surface area contributed by atoms with Gasteiger partial charge in [-0.25, -0.2) is 0 Å². The Morgan fingerprint density at radius 2 is 1.60 bits per heavy atom. The fourth-order valence-corrected chi connectivity index (χ4v) is 3.12. The SMILES string of the molecule is C[C@@H](OC(=O)CNC(=O)c1ccc2ccccc2c1)C(=O)N(C)Cc1ccccc1. The Morgan fingerprint density at radius 1 is 0.933 bits per heavy atom. The van der Waals surface area contributed by atoms with E-state index in [-0.39, 0.29) is 18.4 Å². The molecule has 0 saturated heterocycles. The van der Waals surface area contributed by atoms with E-state index in [4.69, 9.17) is 4.74 Å². The first-order valence-corrected chi connectivity index (χ1v) is 9.69. The maximum atomic E-state index is 12.4. The Hall–Kier alpha value is -3.67. The summed E-state index contributed by atoms with van der Waals surface area (Å²) in [6, 6.07) is 22.6. The molecule has 0 heterocycles. The number of esters is 1. The predicted molar refractivity (Wildman–Crippen MR) is 115 cm³/mol. The van der Waals surface area contributed by atoms with Gasteiger partial charge in [-0.2, -0.15) is 0 Å². The van der Waals surface area contributed by atoms with Crippen molar-refractivity contribution in [2.45, 2.75) is 19.6 Å². The number of likely N-dealkylation sites (N-methyl/N-ethyl adjacent to an activating group) is 1. The van der Waals surface area contributed by atoms with Gasteiger partial charge < -0.3 is 15.0 Å². The lowest BCUT2D eigenvalue weighted by Gasteiger charge is -2.21. The molecule has 3 aromatic rings. The molecule has 0 spiro atoms. The van der Waals surface area contributed by atoms with Crippen LogP contribution in [0.5, 0.6) is 0 Å². The summed E-state index contributed by atoms with van der Waals surface area (Å²) in [4.78, 5) is 38.3. The molecule has 6 heteroatoms. The van der Waals surface area contributed by atoms with Crippen LogP contribution in [0.4, 0.5) is 0 Å². The minimum Gasteiger partial charge on any atom is -0.451 e. The van der Waals surface area contributed by atoms with E-state index >= 15 is 0 Å². The van der Waals surface area contributed by atoms with Gasteiger partial charge in [0, 0.05) is 19.2 Å². The third-order valence-electron chi connectivity index (χ3n) is 4.70. The molecule has 30 heavy (non-hydrogen) atoms. The fraction of sp³-hybridized carbons (Fsp3) is 0.208. The van der Waals surface area contributed by atoms with Crippen molar-refractivity contribution in [1.82, 2.24) is 10.2 Å². The molecule has 0 radical (unpaired) electrons. The van der Waals surface area contributed by atoms with Gasteiger partial charge in [0.2, 0.25) is 0 Å². The van der Waals surface area contributed by atoms with Gasteiger partial charge in [0.1, 0.15) is 6.54 Å². The number of benzene rings is 3. The molecule has 0 aliphatic carbocycles. The van der Waals surface area contributed by atoms with Crippen LogP contribution in [0.1, 0.15) is 22.8 Å². The summed E-state index contributed by atoms with van der Waals surface area (Å²) in [5.41, 5.74) is 1.43. The number of nitrogens with one attached hydrogen (secondary N) is 1. The van der Waals surface area contributed by atoms with Gasteiger partial charge in [0.05, 0.1) is 0 Å². The molecule has 0 aliphatic heterocycles. The van der Waals surface area contributed by atoms with Crippen molar-refractivity contribution in [3.8, 4) is 0 Å². The van der Waals surface area contributed by atoms with E-state index in [9.17, 15) is 14.4 Å². The highest BCUT2D eigenvalue weighted by Gasteiger charge is 2.22. The van der Waals surface area contributed by atoms with Crippen LogP contribution >= 0.6 is 0 Å². The van der Waals surface area contributed by atoms with Crippen LogP contribution < -0.4 is 5.32 Å². The summed E-state index contributed by atoms with van der Waals surface area (Å²) < 4.78 is 5.18. The number of carbonyl (C=O) groups is 3. The molecule has 2 amide bonds. The standard InChI is InChI=1S/C24H24N2O4/c1-17(24(29)26(2)16-18-8-4-3-5-9-18)30-22(27)15-25-23(28)21-13-12-19-10-6-7-11-20(19)14-21/h3-14,17H,15-16H2,1-2H3,(H,25,28)/t17-/m1/s1. The van der Waals surface area contributed by atoms with Crippen molar-refractivity contribution < 1.29 is 19.1 Å². The monoisotopic (exact) mass is 404 g/mol. The summed E-state index contributed by atoms with van der Waals surface area (Å²) >= 11 is 0. The molecule has 3 aromatic carbocycles. The molecule has 0 aliphatic rings. The number of amides is 2. The summed E-state index contributed by atoms with van der Waals surface area (Å²) in [5, 5.41) is 4.50. The smallest absolute Gasteiger partial charge is 0.326 e. The maximum Gasteiger partial charge on any atom is 0.326 e. The van der Waals surface area contributed by atoms with Crippen molar-refractivity contribution in [3.63, 3.8) is 0 Å². The Balaban J connectivity index is 1.49. The Morgan fingerprint density at radius 3 is 2.33 bits per heavy atom. The van der Waals surface area contributed by atoms with E-state index in [1.807, 2.05) is 60.7 Å². The van der Waals surface area contributed by atoms with Crippen molar-refractivity contribution in [3.05, 3.63) is 83.9 Å². The van der Waals surface area contributed by atoms with Gasteiger partial charge in [-0.05, 0) is 35.4 Å². The first-order chi connectivity index (χ1) is 14.4. The lowest BCUT2D eigenvalue weighted by molar-refractivity contribution is -0.157. The van der Waals surface area contributed by atoms with Crippen molar-refractivity contribution in [1.29, 1.82) is 0 Å². The molecule has 1 N–H and O–H groups in total. The van der Waals surface area contributed by atoms with Crippen LogP contribution in [0.3, 0.4) is 0 Å². The third-order valence-corrected chi connectivity index (χ3v) is 4.70. The molecular formula is C24H24N2O4. The second-order valence-corrected chi connectivity index (χ2v) is 7.06. The Bertz CT molecular complexity index is 1050. The number of ether oxygens (including phenoxy) is 1. The predicted octanol–water partition coefficient (Wildman–Crippen LogP) is 3.16. The normalized spacial score (nSPS) is 11.5. The minimum absolute atomic E-state index is 0.312. The summed E-state index contributed by atoms with van der Waals surface area (Å²) in [6.45, 7) is 1.62. The number of carbonyl (C=O) groups excluding carboxylic acids is 3. The first kappa shape index (κ1) is 21.0. The zero-order valence-electron chi connectivity index (χ0n) is 17.0. The molecular weight excluding hydrogens is 380 g/mol. The summed E-state index contributed by atoms with van der Waals surface area (Å²) in [5.74, 6) is -1.36. The van der Waals surface area contributed by atoms with Crippen LogP contribution in [-0.2, 0) is 20.9 Å². The zero-order chi connectivity index (χ0) is 21.5. The van der Waals surface area contributed by atoms with E-state index in [2.05, 4.69) is 5.32 Å². The van der Waals surface area contributed by atoms with E-state index in [1.165, 1.54) is 11.8 Å². The number of rotatable bonds is 7. The second-order valence-electron chi connectivity index (χ2n) is 7.06. The van der Waals surface area contributed by atoms with Crippen LogP contribution in [0.15, 0.2) is 72.8 Å². The highest BCUT2D eigenvalue weighted by Crippen LogP contribution is 2.15. The van der Waals surface area contributed by atoms with Crippen LogP contribution in [0.2, 0.25) is 0 Å². The van der Waals surface area contributed by atoms with Gasteiger partial charge >= 0.3 is 5.97 Å². The largest absolute Gasteiger partial charge is 0.451 e. The second kappa shape index (κ2) is 9.69. The third kappa shape index (κ3) is 5.44. The maximum absolute atomic E-state index is 12.4. The number of hydrogen-bond acceptors (Lipinski definition) is 4. The van der Waals surface area contributed by atoms with Gasteiger partial charge in [0.25, 0.3) is 11.8 Å². The van der Waals surface area contributed by atoms with Crippen molar-refractivity contribution in [2.75, 3.05) is 13.6 Å². The van der Waals surface area contributed by atoms with Gasteiger partial charge in [-0.3, -0.25) is 14.4 Å². The van der Waals surface area contributed by atoms with E-state index < -0.39 is 12.1 Å². The Labute approximate surface area is 175 Å². The molecule has 0 bridgehead atoms. The van der Waals surface area contributed by atoms with Gasteiger partial charge in [-0.15, -0.1) is 0 Å². The molecule has 3 rings (SSSR count). The molecule has 0 aromatic heterocycles. The summed E-state index contributed by atoms with van der Waals surface area (Å²) in [6.07, 6.45) is -0.941. The average molecular weight is 404 g/mol. The van der Waals surface area contributed by atoms with Crippen molar-refractivity contribution >= 4 is 28.6 Å². The first-order valence-electron chi connectivity index (χ1n) is 9.69. The molecule has 0 fully saturated rings. The lowest BCUT2D eigenvalue weighted by atomic mass is 10.1. The Kier molecular flexibility index (Phi) is 6.80. The number of nitrogens with zero attached hydrogens (tertiary/aromatic N) is 1. The molecule has 154 valence electrons. The van der Waals surface area contributed by atoms with Crippen LogP contribution in [0, 0.1) is 0 Å². The lowest BCUT2D eigenvalue weighted by Crippen LogP contribution is -2.39. The zero-order valence-corrected chi connectivity index (χ0v) is 17.0. The number of hydrogen-bond donors (Lipinski definition) is 1. The minimum atomic E-state index is -0.941.